The lowest BCUT2D eigenvalue weighted by Crippen LogP contribution is -2.49. The quantitative estimate of drug-likeness (QED) is 0.224. The fourth-order valence-electron chi connectivity index (χ4n) is 4.96. The molecule has 6 nitrogen and oxygen atoms in total. The SMILES string of the molecule is CC[C@H](CN1CC[C@@H](CNC(=O)c2ccc(Cl)c(I)c2)N[C@@H](CCNc2ccccc2)C1=O)c1ccccc1. The van der Waals surface area contributed by atoms with Gasteiger partial charge in [0.15, 0.2) is 0 Å². The van der Waals surface area contributed by atoms with Crippen LogP contribution in [0.1, 0.15) is 48.0 Å². The number of hydrogen-bond donors (Lipinski definition) is 3. The Bertz CT molecular complexity index is 1230. The highest BCUT2D eigenvalue weighted by atomic mass is 127. The number of benzene rings is 3. The van der Waals surface area contributed by atoms with Gasteiger partial charge in [0, 0.05) is 53.0 Å². The van der Waals surface area contributed by atoms with Crippen LogP contribution in [-0.2, 0) is 4.79 Å². The van der Waals surface area contributed by atoms with Crippen molar-refractivity contribution in [2.75, 3.05) is 31.5 Å². The maximum Gasteiger partial charge on any atom is 0.251 e. The third kappa shape index (κ3) is 8.43. The van der Waals surface area contributed by atoms with Crippen molar-refractivity contribution in [3.63, 3.8) is 0 Å². The van der Waals surface area contributed by atoms with Crippen molar-refractivity contribution in [1.29, 1.82) is 0 Å². The summed E-state index contributed by atoms with van der Waals surface area (Å²) in [4.78, 5) is 28.6. The van der Waals surface area contributed by atoms with Crippen molar-refractivity contribution in [2.24, 2.45) is 0 Å². The summed E-state index contributed by atoms with van der Waals surface area (Å²) in [6.45, 7) is 4.62. The summed E-state index contributed by atoms with van der Waals surface area (Å²) in [6, 6.07) is 25.4. The monoisotopic (exact) mass is 658 g/mol. The molecule has 3 aromatic rings. The summed E-state index contributed by atoms with van der Waals surface area (Å²) in [6.07, 6.45) is 2.37. The molecule has 3 atom stereocenters. The molecule has 3 aromatic carbocycles. The highest BCUT2D eigenvalue weighted by Crippen LogP contribution is 2.23. The first-order valence-electron chi connectivity index (χ1n) is 13.6. The zero-order valence-corrected chi connectivity index (χ0v) is 25.1. The average Bonchev–Trinajstić information content (AvgIpc) is 3.11. The van der Waals surface area contributed by atoms with Crippen LogP contribution in [0.25, 0.3) is 0 Å². The predicted molar refractivity (Wildman–Crippen MR) is 167 cm³/mol. The highest BCUT2D eigenvalue weighted by Gasteiger charge is 2.32. The largest absolute Gasteiger partial charge is 0.385 e. The van der Waals surface area contributed by atoms with Crippen LogP contribution in [0.5, 0.6) is 0 Å². The summed E-state index contributed by atoms with van der Waals surface area (Å²) in [5.41, 5.74) is 2.87. The number of halogens is 2. The van der Waals surface area contributed by atoms with Gasteiger partial charge in [-0.2, -0.15) is 0 Å². The van der Waals surface area contributed by atoms with Gasteiger partial charge in [0.25, 0.3) is 5.91 Å². The molecule has 8 heteroatoms. The van der Waals surface area contributed by atoms with E-state index in [1.807, 2.05) is 41.3 Å². The van der Waals surface area contributed by atoms with Crippen molar-refractivity contribution in [1.82, 2.24) is 15.5 Å². The van der Waals surface area contributed by atoms with Crippen LogP contribution >= 0.6 is 34.2 Å². The Kier molecular flexibility index (Phi) is 11.1. The smallest absolute Gasteiger partial charge is 0.251 e. The number of para-hydroxylation sites is 1. The van der Waals surface area contributed by atoms with Gasteiger partial charge < -0.3 is 20.9 Å². The molecule has 0 radical (unpaired) electrons. The van der Waals surface area contributed by atoms with E-state index in [0.717, 1.165) is 22.1 Å². The number of nitrogens with one attached hydrogen (secondary N) is 3. The van der Waals surface area contributed by atoms with Crippen molar-refractivity contribution >= 4 is 51.7 Å². The van der Waals surface area contributed by atoms with Gasteiger partial charge in [-0.15, -0.1) is 0 Å². The van der Waals surface area contributed by atoms with Crippen LogP contribution in [0.3, 0.4) is 0 Å². The fourth-order valence-corrected chi connectivity index (χ4v) is 5.60. The fraction of sp³-hybridized carbons (Fsp3) is 0.355. The Morgan fingerprint density at radius 1 is 1.10 bits per heavy atom. The Labute approximate surface area is 250 Å². The first kappa shape index (κ1) is 29.4. The molecule has 39 heavy (non-hydrogen) atoms. The van der Waals surface area contributed by atoms with E-state index in [2.05, 4.69) is 69.7 Å². The molecule has 2 amide bonds. The van der Waals surface area contributed by atoms with E-state index in [1.165, 1.54) is 5.56 Å². The lowest BCUT2D eigenvalue weighted by atomic mass is 9.95. The minimum absolute atomic E-state index is 0.0206. The number of anilines is 1. The first-order chi connectivity index (χ1) is 18.9. The van der Waals surface area contributed by atoms with Crippen molar-refractivity contribution in [3.8, 4) is 0 Å². The summed E-state index contributed by atoms with van der Waals surface area (Å²) < 4.78 is 0.839. The average molecular weight is 659 g/mol. The molecule has 0 unspecified atom stereocenters. The van der Waals surface area contributed by atoms with Gasteiger partial charge in [-0.25, -0.2) is 0 Å². The summed E-state index contributed by atoms with van der Waals surface area (Å²) in [7, 11) is 0. The van der Waals surface area contributed by atoms with Crippen molar-refractivity contribution < 1.29 is 9.59 Å². The summed E-state index contributed by atoms with van der Waals surface area (Å²) >= 11 is 8.25. The predicted octanol–water partition coefficient (Wildman–Crippen LogP) is 5.93. The molecule has 0 bridgehead atoms. The number of carbonyl (C=O) groups is 2. The Morgan fingerprint density at radius 2 is 1.82 bits per heavy atom. The first-order valence-corrected chi connectivity index (χ1v) is 15.0. The Morgan fingerprint density at radius 3 is 2.51 bits per heavy atom. The van der Waals surface area contributed by atoms with Crippen LogP contribution in [0.2, 0.25) is 5.02 Å². The molecule has 206 valence electrons. The maximum absolute atomic E-state index is 13.8. The topological polar surface area (TPSA) is 73.5 Å². The molecule has 0 aliphatic carbocycles. The van der Waals surface area contributed by atoms with E-state index in [9.17, 15) is 9.59 Å². The van der Waals surface area contributed by atoms with Gasteiger partial charge in [0.1, 0.15) is 0 Å². The molecule has 0 aromatic heterocycles. The van der Waals surface area contributed by atoms with Crippen molar-refractivity contribution in [3.05, 3.63) is 98.6 Å². The molecule has 1 heterocycles. The van der Waals surface area contributed by atoms with E-state index >= 15 is 0 Å². The van der Waals surface area contributed by atoms with E-state index in [-0.39, 0.29) is 29.8 Å². The molecule has 0 saturated carbocycles. The summed E-state index contributed by atoms with van der Waals surface area (Å²) in [5.74, 6) is 0.262. The normalized spacial score (nSPS) is 18.3. The molecule has 1 aliphatic rings. The minimum Gasteiger partial charge on any atom is -0.385 e. The van der Waals surface area contributed by atoms with Crippen LogP contribution in [0.15, 0.2) is 78.9 Å². The standard InChI is InChI=1S/C31H36ClIN4O2/c1-2-22(23-9-5-3-6-10-23)21-37-18-16-26(20-35-30(38)24-13-14-27(32)28(33)19-24)36-29(31(37)39)15-17-34-25-11-7-4-8-12-25/h3-14,19,22,26,29,34,36H,2,15-18,20-21H2,1H3,(H,35,38)/t22-,26+,29+/m1/s1. The van der Waals surface area contributed by atoms with Gasteiger partial charge >= 0.3 is 0 Å². The number of amides is 2. The van der Waals surface area contributed by atoms with E-state index in [4.69, 9.17) is 11.6 Å². The molecule has 4 rings (SSSR count). The molecule has 0 spiro atoms. The zero-order valence-electron chi connectivity index (χ0n) is 22.2. The molecule has 1 fully saturated rings. The number of carbonyl (C=O) groups excluding carboxylic acids is 2. The second kappa shape index (κ2) is 14.7. The number of rotatable bonds is 11. The zero-order chi connectivity index (χ0) is 27.6. The van der Waals surface area contributed by atoms with Crippen LogP contribution in [0.4, 0.5) is 5.69 Å². The maximum atomic E-state index is 13.8. The van der Waals surface area contributed by atoms with E-state index < -0.39 is 0 Å². The Hall–Kier alpha value is -2.62. The number of hydrogen-bond acceptors (Lipinski definition) is 4. The van der Waals surface area contributed by atoms with Gasteiger partial charge in [0.05, 0.1) is 11.1 Å². The van der Waals surface area contributed by atoms with Gasteiger partial charge in [0.2, 0.25) is 5.91 Å². The van der Waals surface area contributed by atoms with Crippen LogP contribution < -0.4 is 16.0 Å². The lowest BCUT2D eigenvalue weighted by Gasteiger charge is -2.28. The van der Waals surface area contributed by atoms with Gasteiger partial charge in [-0.3, -0.25) is 9.59 Å². The van der Waals surface area contributed by atoms with Crippen LogP contribution in [0, 0.1) is 3.57 Å². The molecular formula is C31H36ClIN4O2. The number of nitrogens with zero attached hydrogens (tertiary/aromatic N) is 1. The second-order valence-electron chi connectivity index (χ2n) is 9.93. The molecule has 3 N–H and O–H groups in total. The van der Waals surface area contributed by atoms with Gasteiger partial charge in [-0.1, -0.05) is 67.1 Å². The van der Waals surface area contributed by atoms with E-state index in [1.54, 1.807) is 18.2 Å². The third-order valence-corrected chi connectivity index (χ3v) is 8.77. The van der Waals surface area contributed by atoms with Crippen LogP contribution in [-0.4, -0.2) is 55.0 Å². The highest BCUT2D eigenvalue weighted by molar-refractivity contribution is 14.1. The molecule has 1 aliphatic heterocycles. The molecular weight excluding hydrogens is 623 g/mol. The third-order valence-electron chi connectivity index (χ3n) is 7.23. The van der Waals surface area contributed by atoms with Gasteiger partial charge in [-0.05, 0) is 77.7 Å². The minimum atomic E-state index is -0.338. The van der Waals surface area contributed by atoms with E-state index in [0.29, 0.717) is 43.2 Å². The second-order valence-corrected chi connectivity index (χ2v) is 11.5. The Balaban J connectivity index is 1.43. The van der Waals surface area contributed by atoms with Crippen molar-refractivity contribution in [2.45, 2.75) is 44.2 Å². The lowest BCUT2D eigenvalue weighted by molar-refractivity contribution is -0.133. The summed E-state index contributed by atoms with van der Waals surface area (Å²) in [5, 5.41) is 10.7. The molecule has 1 saturated heterocycles.